The smallest absolute Gasteiger partial charge is 0.120 e. The molecule has 1 rings (SSSR count). The molecule has 0 amide bonds. The Bertz CT molecular complexity index is 299. The molecule has 0 unspecified atom stereocenters. The molecule has 0 fully saturated rings. The molecule has 3 heteroatoms. The molecule has 0 bridgehead atoms. The predicted octanol–water partition coefficient (Wildman–Crippen LogP) is 1.73. The topological polar surface area (TPSA) is 38.5 Å². The van der Waals surface area contributed by atoms with Crippen LogP contribution >= 0.6 is 0 Å². The zero-order valence-electron chi connectivity index (χ0n) is 9.08. The molecular weight excluding hydrogens is 176 g/mol. The highest BCUT2D eigenvalue weighted by Gasteiger charge is 2.03. The van der Waals surface area contributed by atoms with Crippen LogP contribution in [0.3, 0.4) is 0 Å². The van der Waals surface area contributed by atoms with Gasteiger partial charge in [-0.15, -0.1) is 0 Å². The van der Waals surface area contributed by atoms with Crippen LogP contribution in [-0.4, -0.2) is 25.6 Å². The van der Waals surface area contributed by atoms with Gasteiger partial charge in [-0.05, 0) is 25.2 Å². The monoisotopic (exact) mass is 194 g/mol. The Labute approximate surface area is 85.5 Å². The zero-order chi connectivity index (χ0) is 10.6. The fourth-order valence-electron chi connectivity index (χ4n) is 1.25. The second-order valence-corrected chi connectivity index (χ2v) is 3.40. The number of hydrogen-bond acceptors (Lipinski definition) is 3. The van der Waals surface area contributed by atoms with E-state index in [-0.39, 0.29) is 0 Å². The molecule has 1 aromatic carbocycles. The maximum Gasteiger partial charge on any atom is 0.120 e. The largest absolute Gasteiger partial charge is 0.497 e. The summed E-state index contributed by atoms with van der Waals surface area (Å²) in [5.74, 6) is 0.811. The average molecular weight is 194 g/mol. The van der Waals surface area contributed by atoms with Crippen molar-refractivity contribution in [3.8, 4) is 5.75 Å². The second-order valence-electron chi connectivity index (χ2n) is 3.40. The highest BCUT2D eigenvalue weighted by Crippen LogP contribution is 2.20. The van der Waals surface area contributed by atoms with Crippen LogP contribution in [0, 0.1) is 0 Å². The number of anilines is 1. The summed E-state index contributed by atoms with van der Waals surface area (Å²) in [4.78, 5) is 2.21. The van der Waals surface area contributed by atoms with E-state index in [0.717, 1.165) is 30.1 Å². The number of hydrogen-bond donors (Lipinski definition) is 1. The van der Waals surface area contributed by atoms with Crippen molar-refractivity contribution in [3.63, 3.8) is 0 Å². The lowest BCUT2D eigenvalue weighted by atomic mass is 10.1. The Balaban J connectivity index is 2.78. The summed E-state index contributed by atoms with van der Waals surface area (Å²) in [7, 11) is 3.72. The minimum absolute atomic E-state index is 0.796. The van der Waals surface area contributed by atoms with Gasteiger partial charge >= 0.3 is 0 Å². The van der Waals surface area contributed by atoms with Crippen LogP contribution in [-0.2, 0) is 6.54 Å². The highest BCUT2D eigenvalue weighted by molar-refractivity contribution is 5.51. The zero-order valence-corrected chi connectivity index (χ0v) is 9.08. The summed E-state index contributed by atoms with van der Waals surface area (Å²) in [6, 6.07) is 5.81. The van der Waals surface area contributed by atoms with Crippen molar-refractivity contribution < 1.29 is 4.74 Å². The van der Waals surface area contributed by atoms with Crippen LogP contribution in [0.2, 0.25) is 0 Å². The minimum atomic E-state index is 0.796. The number of nitrogens with two attached hydrogens (primary N) is 1. The Morgan fingerprint density at radius 1 is 1.43 bits per heavy atom. The second kappa shape index (κ2) is 4.86. The van der Waals surface area contributed by atoms with E-state index < -0.39 is 0 Å². The van der Waals surface area contributed by atoms with E-state index in [2.05, 4.69) is 18.9 Å². The first kappa shape index (κ1) is 10.9. The van der Waals surface area contributed by atoms with Gasteiger partial charge in [-0.3, -0.25) is 0 Å². The maximum absolute atomic E-state index is 5.89. The minimum Gasteiger partial charge on any atom is -0.497 e. The molecule has 0 heterocycles. The van der Waals surface area contributed by atoms with E-state index in [0.29, 0.717) is 0 Å². The van der Waals surface area contributed by atoms with Crippen LogP contribution in [0.1, 0.15) is 12.5 Å². The number of rotatable bonds is 4. The fourth-order valence-corrected chi connectivity index (χ4v) is 1.25. The third-order valence-corrected chi connectivity index (χ3v) is 2.33. The quantitative estimate of drug-likeness (QED) is 0.742. The van der Waals surface area contributed by atoms with Gasteiger partial charge in [-0.1, -0.05) is 13.0 Å². The Kier molecular flexibility index (Phi) is 3.77. The third-order valence-electron chi connectivity index (χ3n) is 2.33. The van der Waals surface area contributed by atoms with Crippen LogP contribution in [0.5, 0.6) is 5.75 Å². The molecule has 0 aliphatic heterocycles. The lowest BCUT2D eigenvalue weighted by Gasteiger charge is -2.15. The highest BCUT2D eigenvalue weighted by atomic mass is 16.5. The van der Waals surface area contributed by atoms with E-state index in [1.165, 1.54) is 0 Å². The number of ether oxygens (including phenoxy) is 1. The Morgan fingerprint density at radius 2 is 2.14 bits per heavy atom. The number of nitrogens with zero attached hydrogens (tertiary/aromatic N) is 1. The van der Waals surface area contributed by atoms with Gasteiger partial charge in [0.05, 0.1) is 7.11 Å². The van der Waals surface area contributed by atoms with Gasteiger partial charge in [0.15, 0.2) is 0 Å². The molecule has 0 aliphatic carbocycles. The van der Waals surface area contributed by atoms with E-state index in [4.69, 9.17) is 10.5 Å². The normalized spacial score (nSPS) is 10.6. The predicted molar refractivity (Wildman–Crippen MR) is 59.4 cm³/mol. The number of methoxy groups -OCH3 is 1. The molecule has 78 valence electrons. The van der Waals surface area contributed by atoms with E-state index >= 15 is 0 Å². The molecule has 0 saturated heterocycles. The van der Waals surface area contributed by atoms with Crippen LogP contribution < -0.4 is 10.5 Å². The summed E-state index contributed by atoms with van der Waals surface area (Å²) >= 11 is 0. The molecule has 0 aliphatic rings. The molecule has 0 aromatic heterocycles. The summed E-state index contributed by atoms with van der Waals surface area (Å²) in [5.41, 5.74) is 7.84. The van der Waals surface area contributed by atoms with Crippen molar-refractivity contribution >= 4 is 5.69 Å². The third kappa shape index (κ3) is 2.64. The van der Waals surface area contributed by atoms with Crippen molar-refractivity contribution in [1.82, 2.24) is 4.90 Å². The van der Waals surface area contributed by atoms with Crippen molar-refractivity contribution in [2.45, 2.75) is 13.5 Å². The molecular formula is C11H18N2O. The Morgan fingerprint density at radius 3 is 2.64 bits per heavy atom. The van der Waals surface area contributed by atoms with Crippen LogP contribution in [0.4, 0.5) is 5.69 Å². The van der Waals surface area contributed by atoms with Crippen LogP contribution in [0.25, 0.3) is 0 Å². The Hall–Kier alpha value is -1.22. The van der Waals surface area contributed by atoms with Crippen molar-refractivity contribution in [2.75, 3.05) is 26.4 Å². The number of nitrogen functional groups attached to an aromatic ring is 1. The lowest BCUT2D eigenvalue weighted by molar-refractivity contribution is 0.346. The van der Waals surface area contributed by atoms with Gasteiger partial charge < -0.3 is 15.4 Å². The molecule has 0 atom stereocenters. The van der Waals surface area contributed by atoms with E-state index in [1.807, 2.05) is 18.2 Å². The van der Waals surface area contributed by atoms with Gasteiger partial charge in [0, 0.05) is 18.3 Å². The summed E-state index contributed by atoms with van der Waals surface area (Å²) in [5, 5.41) is 0. The average Bonchev–Trinajstić information content (AvgIpc) is 2.20. The van der Waals surface area contributed by atoms with Gasteiger partial charge in [-0.2, -0.15) is 0 Å². The van der Waals surface area contributed by atoms with E-state index in [9.17, 15) is 0 Å². The first-order valence-corrected chi connectivity index (χ1v) is 4.78. The SMILES string of the molecule is CCN(C)Cc1ccc(OC)cc1N. The lowest BCUT2D eigenvalue weighted by Crippen LogP contribution is -2.17. The molecule has 3 nitrogen and oxygen atoms in total. The van der Waals surface area contributed by atoms with Gasteiger partial charge in [-0.25, -0.2) is 0 Å². The standard InChI is InChI=1S/C11H18N2O/c1-4-13(2)8-9-5-6-10(14-3)7-11(9)12/h5-7H,4,8,12H2,1-3H3. The van der Waals surface area contributed by atoms with Crippen molar-refractivity contribution in [2.24, 2.45) is 0 Å². The fraction of sp³-hybridized carbons (Fsp3) is 0.455. The molecule has 2 N–H and O–H groups in total. The molecule has 0 radical (unpaired) electrons. The summed E-state index contributed by atoms with van der Waals surface area (Å²) in [6.07, 6.45) is 0. The molecule has 1 aromatic rings. The van der Waals surface area contributed by atoms with Crippen molar-refractivity contribution in [1.29, 1.82) is 0 Å². The molecule has 14 heavy (non-hydrogen) atoms. The summed E-state index contributed by atoms with van der Waals surface area (Å²) in [6.45, 7) is 4.03. The van der Waals surface area contributed by atoms with E-state index in [1.54, 1.807) is 7.11 Å². The molecule has 0 saturated carbocycles. The van der Waals surface area contributed by atoms with Gasteiger partial charge in [0.2, 0.25) is 0 Å². The first-order valence-electron chi connectivity index (χ1n) is 4.78. The number of benzene rings is 1. The van der Waals surface area contributed by atoms with Gasteiger partial charge in [0.1, 0.15) is 5.75 Å². The molecule has 0 spiro atoms. The van der Waals surface area contributed by atoms with Gasteiger partial charge in [0.25, 0.3) is 0 Å². The summed E-state index contributed by atoms with van der Waals surface area (Å²) < 4.78 is 5.09. The maximum atomic E-state index is 5.89. The first-order chi connectivity index (χ1) is 6.67. The van der Waals surface area contributed by atoms with Crippen molar-refractivity contribution in [3.05, 3.63) is 23.8 Å². The van der Waals surface area contributed by atoms with Crippen LogP contribution in [0.15, 0.2) is 18.2 Å².